The van der Waals surface area contributed by atoms with Crippen LogP contribution in [-0.4, -0.2) is 70.0 Å². The van der Waals surface area contributed by atoms with E-state index in [1.165, 1.54) is 0 Å². The smallest absolute Gasteiger partial charge is 0.315 e. The van der Waals surface area contributed by atoms with Crippen molar-refractivity contribution in [3.8, 4) is 0 Å². The van der Waals surface area contributed by atoms with Crippen LogP contribution in [0.3, 0.4) is 0 Å². The highest BCUT2D eigenvalue weighted by molar-refractivity contribution is 8.00. The first kappa shape index (κ1) is 19.1. The van der Waals surface area contributed by atoms with Crippen LogP contribution in [0.15, 0.2) is 0 Å². The van der Waals surface area contributed by atoms with Gasteiger partial charge in [0, 0.05) is 17.4 Å². The predicted molar refractivity (Wildman–Crippen MR) is 90.8 cm³/mol. The van der Waals surface area contributed by atoms with Crippen LogP contribution in [0.2, 0.25) is 0 Å². The number of fused-ring (bicyclic) bond motifs is 1. The number of imide groups is 3. The second-order valence-electron chi connectivity index (χ2n) is 6.54. The molecule has 0 saturated carbocycles. The molecule has 12 heteroatoms. The summed E-state index contributed by atoms with van der Waals surface area (Å²) < 4.78 is 31.1. The first-order chi connectivity index (χ1) is 12.2. The molecule has 144 valence electrons. The Morgan fingerprint density at radius 1 is 1.23 bits per heavy atom. The SMILES string of the molecule is O=C1N[C@@H]2[C@H](CS[C@@H]2CCCCC(=O)N2C(=O)C[C@@H](S(=O)(=O)O)C2=O)N1. The van der Waals surface area contributed by atoms with E-state index < -0.39 is 39.5 Å². The molecule has 3 N–H and O–H groups in total. The zero-order chi connectivity index (χ0) is 19.1. The van der Waals surface area contributed by atoms with Crippen LogP contribution in [0, 0.1) is 0 Å². The molecule has 3 aliphatic rings. The van der Waals surface area contributed by atoms with Crippen molar-refractivity contribution in [2.24, 2.45) is 0 Å². The first-order valence-corrected chi connectivity index (χ1v) is 10.8. The van der Waals surface area contributed by atoms with Crippen molar-refractivity contribution >= 4 is 45.6 Å². The van der Waals surface area contributed by atoms with Crippen LogP contribution >= 0.6 is 11.8 Å². The maximum atomic E-state index is 12.1. The van der Waals surface area contributed by atoms with Gasteiger partial charge in [-0.1, -0.05) is 6.42 Å². The van der Waals surface area contributed by atoms with Crippen molar-refractivity contribution < 1.29 is 32.1 Å². The van der Waals surface area contributed by atoms with Gasteiger partial charge in [0.05, 0.1) is 18.5 Å². The van der Waals surface area contributed by atoms with Gasteiger partial charge in [0.25, 0.3) is 16.0 Å². The van der Waals surface area contributed by atoms with Crippen molar-refractivity contribution in [2.75, 3.05) is 5.75 Å². The second kappa shape index (κ2) is 7.16. The number of rotatable bonds is 6. The van der Waals surface area contributed by atoms with Gasteiger partial charge in [-0.2, -0.15) is 20.2 Å². The number of carbonyl (C=O) groups excluding carboxylic acids is 4. The van der Waals surface area contributed by atoms with E-state index in [1.54, 1.807) is 11.8 Å². The molecule has 3 aliphatic heterocycles. The Bertz CT molecular complexity index is 754. The van der Waals surface area contributed by atoms with Gasteiger partial charge in [0.1, 0.15) is 0 Å². The third-order valence-electron chi connectivity index (χ3n) is 4.78. The van der Waals surface area contributed by atoms with Crippen LogP contribution in [0.5, 0.6) is 0 Å². The summed E-state index contributed by atoms with van der Waals surface area (Å²) in [6.45, 7) is 0. The number of nitrogens with one attached hydrogen (secondary N) is 2. The van der Waals surface area contributed by atoms with Gasteiger partial charge in [0.2, 0.25) is 11.8 Å². The van der Waals surface area contributed by atoms with E-state index in [1.807, 2.05) is 0 Å². The summed E-state index contributed by atoms with van der Waals surface area (Å²) in [6.07, 6.45) is 1.10. The standard InChI is InChI=1S/C14H19N3O7S2/c18-10(17-11(19)5-9(13(17)20)26(22,23)24)4-2-1-3-8-12-7(6-25-8)15-14(21)16-12/h7-9,12H,1-6H2,(H2,15,16,21)(H,22,23,24)/t7-,8+,9+,12+/m0/s1. The molecule has 3 rings (SSSR count). The van der Waals surface area contributed by atoms with Crippen LogP contribution in [-0.2, 0) is 24.5 Å². The van der Waals surface area contributed by atoms with Gasteiger partial charge in [0.15, 0.2) is 5.25 Å². The van der Waals surface area contributed by atoms with Gasteiger partial charge in [-0.25, -0.2) is 9.69 Å². The molecule has 0 aliphatic carbocycles. The Kier molecular flexibility index (Phi) is 5.26. The Morgan fingerprint density at radius 3 is 2.62 bits per heavy atom. The summed E-state index contributed by atoms with van der Waals surface area (Å²) in [7, 11) is -4.71. The molecule has 4 atom stereocenters. The average molecular weight is 405 g/mol. The average Bonchev–Trinajstić information content (AvgIpc) is 3.16. The topological polar surface area (TPSA) is 150 Å². The Hall–Kier alpha value is -1.66. The van der Waals surface area contributed by atoms with E-state index in [4.69, 9.17) is 4.55 Å². The molecule has 0 unspecified atom stereocenters. The lowest BCUT2D eigenvalue weighted by Crippen LogP contribution is -2.39. The van der Waals surface area contributed by atoms with E-state index in [-0.39, 0.29) is 29.8 Å². The maximum Gasteiger partial charge on any atom is 0.315 e. The van der Waals surface area contributed by atoms with Crippen LogP contribution in [0.25, 0.3) is 0 Å². The van der Waals surface area contributed by atoms with E-state index >= 15 is 0 Å². The van der Waals surface area contributed by atoms with Crippen molar-refractivity contribution in [1.29, 1.82) is 0 Å². The molecule has 0 radical (unpaired) electrons. The number of carbonyl (C=O) groups is 4. The number of hydrogen-bond acceptors (Lipinski definition) is 7. The largest absolute Gasteiger partial charge is 0.332 e. The maximum absolute atomic E-state index is 12.1. The molecule has 0 spiro atoms. The van der Waals surface area contributed by atoms with Crippen LogP contribution in [0.4, 0.5) is 4.79 Å². The highest BCUT2D eigenvalue weighted by atomic mass is 32.2. The molecule has 0 aromatic rings. The number of likely N-dealkylation sites (tertiary alicyclic amines) is 1. The molecule has 3 saturated heterocycles. The summed E-state index contributed by atoms with van der Waals surface area (Å²) in [5.74, 6) is -2.01. The Balaban J connectivity index is 1.45. The minimum absolute atomic E-state index is 0.0637. The highest BCUT2D eigenvalue weighted by Gasteiger charge is 2.48. The molecule has 3 heterocycles. The van der Waals surface area contributed by atoms with Gasteiger partial charge >= 0.3 is 6.03 Å². The zero-order valence-electron chi connectivity index (χ0n) is 13.7. The third kappa shape index (κ3) is 3.71. The lowest BCUT2D eigenvalue weighted by molar-refractivity contribution is -0.149. The molecular weight excluding hydrogens is 386 g/mol. The minimum atomic E-state index is -4.71. The first-order valence-electron chi connectivity index (χ1n) is 8.23. The molecule has 0 aromatic carbocycles. The van der Waals surface area contributed by atoms with Crippen molar-refractivity contribution in [2.45, 2.75) is 54.7 Å². The molecular formula is C14H19N3O7S2. The summed E-state index contributed by atoms with van der Waals surface area (Å²) >= 11 is 1.75. The quantitative estimate of drug-likeness (QED) is 0.226. The minimum Gasteiger partial charge on any atom is -0.332 e. The highest BCUT2D eigenvalue weighted by Crippen LogP contribution is 2.33. The number of unbranched alkanes of at least 4 members (excludes halogenated alkanes) is 1. The van der Waals surface area contributed by atoms with Crippen molar-refractivity contribution in [1.82, 2.24) is 15.5 Å². The Morgan fingerprint density at radius 2 is 1.96 bits per heavy atom. The van der Waals surface area contributed by atoms with E-state index in [0.29, 0.717) is 17.7 Å². The van der Waals surface area contributed by atoms with Crippen LogP contribution < -0.4 is 10.6 Å². The fourth-order valence-electron chi connectivity index (χ4n) is 3.48. The van der Waals surface area contributed by atoms with E-state index in [9.17, 15) is 27.6 Å². The van der Waals surface area contributed by atoms with E-state index in [2.05, 4.69) is 10.6 Å². The number of urea groups is 1. The summed E-state index contributed by atoms with van der Waals surface area (Å²) in [5.41, 5.74) is 0. The summed E-state index contributed by atoms with van der Waals surface area (Å²) in [4.78, 5) is 47.4. The Labute approximate surface area is 154 Å². The van der Waals surface area contributed by atoms with Gasteiger partial charge in [-0.15, -0.1) is 0 Å². The number of hydrogen-bond donors (Lipinski definition) is 3. The van der Waals surface area contributed by atoms with Gasteiger partial charge in [-0.3, -0.25) is 18.9 Å². The molecule has 10 nitrogen and oxygen atoms in total. The third-order valence-corrected chi connectivity index (χ3v) is 7.38. The molecule has 26 heavy (non-hydrogen) atoms. The lowest BCUT2D eigenvalue weighted by atomic mass is 10.0. The van der Waals surface area contributed by atoms with Crippen molar-refractivity contribution in [3.63, 3.8) is 0 Å². The number of amides is 5. The van der Waals surface area contributed by atoms with Gasteiger partial charge < -0.3 is 10.6 Å². The van der Waals surface area contributed by atoms with Gasteiger partial charge in [-0.05, 0) is 12.8 Å². The fourth-order valence-corrected chi connectivity index (χ4v) is 5.73. The number of thioether (sulfide) groups is 1. The molecule has 3 fully saturated rings. The lowest BCUT2D eigenvalue weighted by Gasteiger charge is -2.17. The van der Waals surface area contributed by atoms with Crippen LogP contribution in [0.1, 0.15) is 32.1 Å². The zero-order valence-corrected chi connectivity index (χ0v) is 15.3. The number of nitrogens with zero attached hydrogens (tertiary/aromatic N) is 1. The second-order valence-corrected chi connectivity index (χ2v) is 9.41. The predicted octanol–water partition coefficient (Wildman–Crippen LogP) is -0.746. The normalized spacial score (nSPS) is 31.1. The molecule has 0 aromatic heterocycles. The summed E-state index contributed by atoms with van der Waals surface area (Å²) in [6, 6.07) is 0.0247. The van der Waals surface area contributed by atoms with E-state index in [0.717, 1.165) is 12.2 Å². The molecule has 5 amide bonds. The fraction of sp³-hybridized carbons (Fsp3) is 0.714. The summed E-state index contributed by atoms with van der Waals surface area (Å²) in [5, 5.41) is 4.07. The molecule has 0 bridgehead atoms. The monoisotopic (exact) mass is 405 g/mol. The van der Waals surface area contributed by atoms with Crippen molar-refractivity contribution in [3.05, 3.63) is 0 Å².